The molecule has 0 radical (unpaired) electrons. The number of carbonyl (C=O) groups excluding carboxylic acids is 1. The zero-order valence-corrected chi connectivity index (χ0v) is 8.56. The predicted molar refractivity (Wildman–Crippen MR) is 53.6 cm³/mol. The summed E-state index contributed by atoms with van der Waals surface area (Å²) in [4.78, 5) is 10.9. The topological polar surface area (TPSA) is 38.3 Å². The van der Waals surface area contributed by atoms with E-state index in [1.165, 1.54) is 0 Å². The van der Waals surface area contributed by atoms with Crippen molar-refractivity contribution >= 4 is 5.97 Å². The summed E-state index contributed by atoms with van der Waals surface area (Å²) in [6.07, 6.45) is 3.14. The van der Waals surface area contributed by atoms with Crippen molar-refractivity contribution in [3.8, 4) is 0 Å². The van der Waals surface area contributed by atoms with E-state index in [9.17, 15) is 4.79 Å². The summed E-state index contributed by atoms with van der Waals surface area (Å²) in [5.41, 5.74) is 0.468. The molecule has 3 nitrogen and oxygen atoms in total. The van der Waals surface area contributed by atoms with E-state index in [0.717, 1.165) is 25.8 Å². The van der Waals surface area contributed by atoms with Gasteiger partial charge in [-0.1, -0.05) is 6.58 Å². The molecule has 0 aliphatic carbocycles. The molecule has 0 saturated heterocycles. The van der Waals surface area contributed by atoms with Crippen LogP contribution in [0.25, 0.3) is 0 Å². The Hall–Kier alpha value is -0.830. The van der Waals surface area contributed by atoms with Gasteiger partial charge >= 0.3 is 5.97 Å². The average Bonchev–Trinajstić information content (AvgIpc) is 2.10. The number of nitrogens with one attached hydrogen (secondary N) is 1. The van der Waals surface area contributed by atoms with Gasteiger partial charge in [0.15, 0.2) is 0 Å². The summed E-state index contributed by atoms with van der Waals surface area (Å²) in [6.45, 7) is 6.69. The summed E-state index contributed by atoms with van der Waals surface area (Å²) in [7, 11) is 1.93. The van der Waals surface area contributed by atoms with Crippen molar-refractivity contribution in [1.29, 1.82) is 0 Å². The largest absolute Gasteiger partial charge is 0.462 e. The SMILES string of the molecule is C=C(C)C(=O)OCCCCCNC. The molecule has 76 valence electrons. The molecule has 0 rings (SSSR count). The highest BCUT2D eigenvalue weighted by Gasteiger charge is 2.01. The number of ether oxygens (including phenoxy) is 1. The van der Waals surface area contributed by atoms with Crippen LogP contribution in [0, 0.1) is 0 Å². The first-order valence-corrected chi connectivity index (χ1v) is 4.65. The van der Waals surface area contributed by atoms with Crippen LogP contribution in [0.15, 0.2) is 12.2 Å². The van der Waals surface area contributed by atoms with E-state index in [2.05, 4.69) is 11.9 Å². The third-order valence-electron chi connectivity index (χ3n) is 1.65. The molecule has 1 N–H and O–H groups in total. The lowest BCUT2D eigenvalue weighted by molar-refractivity contribution is -0.139. The highest BCUT2D eigenvalue weighted by atomic mass is 16.5. The summed E-state index contributed by atoms with van der Waals surface area (Å²) >= 11 is 0. The van der Waals surface area contributed by atoms with E-state index in [0.29, 0.717) is 12.2 Å². The molecule has 0 aromatic rings. The molecular weight excluding hydrogens is 166 g/mol. The first kappa shape index (κ1) is 12.2. The van der Waals surface area contributed by atoms with Gasteiger partial charge in [0.1, 0.15) is 0 Å². The van der Waals surface area contributed by atoms with Crippen LogP contribution in [0.2, 0.25) is 0 Å². The zero-order chi connectivity index (χ0) is 10.1. The Morgan fingerprint density at radius 2 is 2.08 bits per heavy atom. The van der Waals surface area contributed by atoms with Crippen LogP contribution in [0.5, 0.6) is 0 Å². The fourth-order valence-electron chi connectivity index (χ4n) is 0.869. The second-order valence-corrected chi connectivity index (χ2v) is 3.08. The highest BCUT2D eigenvalue weighted by Crippen LogP contribution is 1.97. The van der Waals surface area contributed by atoms with Gasteiger partial charge in [-0.25, -0.2) is 4.79 Å². The second kappa shape index (κ2) is 7.80. The second-order valence-electron chi connectivity index (χ2n) is 3.08. The monoisotopic (exact) mass is 185 g/mol. The van der Waals surface area contributed by atoms with Gasteiger partial charge in [0.05, 0.1) is 6.61 Å². The predicted octanol–water partition coefficient (Wildman–Crippen LogP) is 1.50. The van der Waals surface area contributed by atoms with Crippen LogP contribution in [0.3, 0.4) is 0 Å². The van der Waals surface area contributed by atoms with Gasteiger partial charge in [0.2, 0.25) is 0 Å². The molecule has 13 heavy (non-hydrogen) atoms. The molecule has 0 fully saturated rings. The molecule has 3 heteroatoms. The van der Waals surface area contributed by atoms with Crippen molar-refractivity contribution in [2.45, 2.75) is 26.2 Å². The minimum atomic E-state index is -0.284. The molecule has 0 aromatic carbocycles. The molecule has 0 bridgehead atoms. The lowest BCUT2D eigenvalue weighted by atomic mass is 10.2. The third-order valence-corrected chi connectivity index (χ3v) is 1.65. The van der Waals surface area contributed by atoms with Crippen molar-refractivity contribution in [2.24, 2.45) is 0 Å². The van der Waals surface area contributed by atoms with E-state index in [4.69, 9.17) is 4.74 Å². The molecule has 0 aromatic heterocycles. The molecule has 0 aliphatic heterocycles. The smallest absolute Gasteiger partial charge is 0.333 e. The Labute approximate surface area is 80.2 Å². The fraction of sp³-hybridized carbons (Fsp3) is 0.700. The van der Waals surface area contributed by atoms with Crippen LogP contribution in [0.1, 0.15) is 26.2 Å². The normalized spacial score (nSPS) is 9.69. The molecule has 0 heterocycles. The van der Waals surface area contributed by atoms with Crippen molar-refractivity contribution in [1.82, 2.24) is 5.32 Å². The Bertz CT molecular complexity index is 166. The maximum absolute atomic E-state index is 10.9. The fourth-order valence-corrected chi connectivity index (χ4v) is 0.869. The Kier molecular flexibility index (Phi) is 7.30. The third kappa shape index (κ3) is 7.53. The van der Waals surface area contributed by atoms with E-state index < -0.39 is 0 Å². The molecule has 0 aliphatic rings. The first-order valence-electron chi connectivity index (χ1n) is 4.65. The van der Waals surface area contributed by atoms with E-state index >= 15 is 0 Å². The summed E-state index contributed by atoms with van der Waals surface area (Å²) < 4.78 is 4.92. The number of hydrogen-bond acceptors (Lipinski definition) is 3. The maximum Gasteiger partial charge on any atom is 0.333 e. The first-order chi connectivity index (χ1) is 6.18. The van der Waals surface area contributed by atoms with Gasteiger partial charge in [-0.3, -0.25) is 0 Å². The van der Waals surface area contributed by atoms with Crippen LogP contribution in [0.4, 0.5) is 0 Å². The number of rotatable bonds is 7. The van der Waals surface area contributed by atoms with Gasteiger partial charge in [-0.2, -0.15) is 0 Å². The van der Waals surface area contributed by atoms with Crippen LogP contribution < -0.4 is 5.32 Å². The Morgan fingerprint density at radius 3 is 2.62 bits per heavy atom. The van der Waals surface area contributed by atoms with Gasteiger partial charge in [0.25, 0.3) is 0 Å². The van der Waals surface area contributed by atoms with Crippen molar-refractivity contribution in [3.05, 3.63) is 12.2 Å². The van der Waals surface area contributed by atoms with Crippen LogP contribution in [-0.4, -0.2) is 26.2 Å². The van der Waals surface area contributed by atoms with Gasteiger partial charge < -0.3 is 10.1 Å². The minimum Gasteiger partial charge on any atom is -0.462 e. The molecule has 0 saturated carbocycles. The number of carbonyl (C=O) groups is 1. The summed E-state index contributed by atoms with van der Waals surface area (Å²) in [6, 6.07) is 0. The lowest BCUT2D eigenvalue weighted by Gasteiger charge is -2.03. The van der Waals surface area contributed by atoms with Gasteiger partial charge in [0, 0.05) is 5.57 Å². The summed E-state index contributed by atoms with van der Waals surface area (Å²) in [5, 5.41) is 3.06. The van der Waals surface area contributed by atoms with Crippen LogP contribution >= 0.6 is 0 Å². The van der Waals surface area contributed by atoms with Crippen LogP contribution in [-0.2, 0) is 9.53 Å². The van der Waals surface area contributed by atoms with Crippen molar-refractivity contribution in [3.63, 3.8) is 0 Å². The van der Waals surface area contributed by atoms with E-state index in [-0.39, 0.29) is 5.97 Å². The average molecular weight is 185 g/mol. The van der Waals surface area contributed by atoms with E-state index in [1.807, 2.05) is 7.05 Å². The number of hydrogen-bond donors (Lipinski definition) is 1. The van der Waals surface area contributed by atoms with Crippen molar-refractivity contribution < 1.29 is 9.53 Å². The number of unbranched alkanes of at least 4 members (excludes halogenated alkanes) is 2. The molecule has 0 atom stereocenters. The minimum absolute atomic E-state index is 0.284. The quantitative estimate of drug-likeness (QED) is 0.371. The number of esters is 1. The van der Waals surface area contributed by atoms with Gasteiger partial charge in [-0.05, 0) is 39.8 Å². The molecule has 0 amide bonds. The Balaban J connectivity index is 3.16. The van der Waals surface area contributed by atoms with E-state index in [1.54, 1.807) is 6.92 Å². The molecular formula is C10H19NO2. The Morgan fingerprint density at radius 1 is 1.38 bits per heavy atom. The highest BCUT2D eigenvalue weighted by molar-refractivity contribution is 5.86. The summed E-state index contributed by atoms with van der Waals surface area (Å²) in [5.74, 6) is -0.284. The molecule has 0 unspecified atom stereocenters. The lowest BCUT2D eigenvalue weighted by Crippen LogP contribution is -2.09. The van der Waals surface area contributed by atoms with Gasteiger partial charge in [-0.15, -0.1) is 0 Å². The molecule has 0 spiro atoms. The standard InChI is InChI=1S/C10H19NO2/c1-9(2)10(12)13-8-6-4-5-7-11-3/h11H,1,4-8H2,2-3H3. The zero-order valence-electron chi connectivity index (χ0n) is 8.56. The maximum atomic E-state index is 10.9. The van der Waals surface area contributed by atoms with Crippen molar-refractivity contribution in [2.75, 3.05) is 20.2 Å².